The highest BCUT2D eigenvalue weighted by Gasteiger charge is 2.20. The van der Waals surface area contributed by atoms with Gasteiger partial charge < -0.3 is 10.6 Å². The van der Waals surface area contributed by atoms with Gasteiger partial charge in [0.15, 0.2) is 0 Å². The maximum absolute atomic E-state index is 12.1. The zero-order chi connectivity index (χ0) is 13.0. The average molecular weight is 283 g/mol. The molecule has 1 aromatic rings. The van der Waals surface area contributed by atoms with Gasteiger partial charge in [0.25, 0.3) is 0 Å². The first kappa shape index (κ1) is 16.0. The van der Waals surface area contributed by atoms with Crippen LogP contribution in [0.25, 0.3) is 0 Å². The minimum Gasteiger partial charge on any atom is -0.326 e. The monoisotopic (exact) mass is 282 g/mol. The SMILES string of the molecule is CC(C)c1cccc(NC(=O)C2CCNCC2)c1.Cl. The van der Waals surface area contributed by atoms with Crippen LogP contribution in [0.2, 0.25) is 0 Å². The van der Waals surface area contributed by atoms with Crippen molar-refractivity contribution in [1.82, 2.24) is 5.32 Å². The van der Waals surface area contributed by atoms with Gasteiger partial charge in [0.2, 0.25) is 5.91 Å². The highest BCUT2D eigenvalue weighted by molar-refractivity contribution is 5.92. The Bertz CT molecular complexity index is 414. The van der Waals surface area contributed by atoms with Crippen LogP contribution >= 0.6 is 12.4 Å². The van der Waals surface area contributed by atoms with E-state index < -0.39 is 0 Å². The Kier molecular flexibility index (Phi) is 6.32. The van der Waals surface area contributed by atoms with Crippen molar-refractivity contribution in [1.29, 1.82) is 0 Å². The molecule has 1 aliphatic rings. The lowest BCUT2D eigenvalue weighted by atomic mass is 9.97. The smallest absolute Gasteiger partial charge is 0.227 e. The second-order valence-electron chi connectivity index (χ2n) is 5.29. The van der Waals surface area contributed by atoms with Crippen LogP contribution in [0.4, 0.5) is 5.69 Å². The standard InChI is InChI=1S/C15H22N2O.ClH/c1-11(2)13-4-3-5-14(10-13)17-15(18)12-6-8-16-9-7-12;/h3-5,10-12,16H,6-9H2,1-2H3,(H,17,18);1H. The van der Waals surface area contributed by atoms with Crippen LogP contribution < -0.4 is 10.6 Å². The first-order valence-corrected chi connectivity index (χ1v) is 6.78. The van der Waals surface area contributed by atoms with Gasteiger partial charge in [-0.3, -0.25) is 4.79 Å². The highest BCUT2D eigenvalue weighted by atomic mass is 35.5. The molecule has 1 aliphatic heterocycles. The van der Waals surface area contributed by atoms with E-state index in [2.05, 4.69) is 36.6 Å². The predicted molar refractivity (Wildman–Crippen MR) is 82.0 cm³/mol. The molecule has 3 nitrogen and oxygen atoms in total. The number of nitrogens with one attached hydrogen (secondary N) is 2. The largest absolute Gasteiger partial charge is 0.326 e. The quantitative estimate of drug-likeness (QED) is 0.894. The molecule has 4 heteroatoms. The van der Waals surface area contributed by atoms with Gasteiger partial charge in [0, 0.05) is 11.6 Å². The summed E-state index contributed by atoms with van der Waals surface area (Å²) in [4.78, 5) is 12.1. The fourth-order valence-electron chi connectivity index (χ4n) is 2.30. The Labute approximate surface area is 121 Å². The number of piperidine rings is 1. The van der Waals surface area contributed by atoms with Crippen molar-refractivity contribution in [2.45, 2.75) is 32.6 Å². The van der Waals surface area contributed by atoms with E-state index in [9.17, 15) is 4.79 Å². The van der Waals surface area contributed by atoms with Crippen LogP contribution in [0, 0.1) is 5.92 Å². The van der Waals surface area contributed by atoms with Crippen molar-refractivity contribution in [3.63, 3.8) is 0 Å². The second-order valence-corrected chi connectivity index (χ2v) is 5.29. The molecule has 1 amide bonds. The molecule has 0 aliphatic carbocycles. The number of carbonyl (C=O) groups excluding carboxylic acids is 1. The number of halogens is 1. The van der Waals surface area contributed by atoms with Gasteiger partial charge in [-0.2, -0.15) is 0 Å². The Morgan fingerprint density at radius 1 is 1.32 bits per heavy atom. The van der Waals surface area contributed by atoms with E-state index >= 15 is 0 Å². The molecule has 0 unspecified atom stereocenters. The fraction of sp³-hybridized carbons (Fsp3) is 0.533. The van der Waals surface area contributed by atoms with Crippen LogP contribution in [0.5, 0.6) is 0 Å². The van der Waals surface area contributed by atoms with Gasteiger partial charge in [-0.15, -0.1) is 12.4 Å². The van der Waals surface area contributed by atoms with Crippen LogP contribution in [0.1, 0.15) is 38.2 Å². The summed E-state index contributed by atoms with van der Waals surface area (Å²) in [7, 11) is 0. The molecule has 19 heavy (non-hydrogen) atoms. The third-order valence-corrected chi connectivity index (χ3v) is 3.53. The molecule has 2 N–H and O–H groups in total. The molecule has 1 heterocycles. The molecule has 0 spiro atoms. The summed E-state index contributed by atoms with van der Waals surface area (Å²) >= 11 is 0. The second kappa shape index (κ2) is 7.51. The summed E-state index contributed by atoms with van der Waals surface area (Å²) in [5.41, 5.74) is 2.18. The van der Waals surface area contributed by atoms with Crippen molar-refractivity contribution in [3.8, 4) is 0 Å². The van der Waals surface area contributed by atoms with Crippen molar-refractivity contribution in [2.24, 2.45) is 5.92 Å². The summed E-state index contributed by atoms with van der Waals surface area (Å²) in [6, 6.07) is 8.15. The summed E-state index contributed by atoms with van der Waals surface area (Å²) in [5.74, 6) is 0.812. The highest BCUT2D eigenvalue weighted by Crippen LogP contribution is 2.20. The van der Waals surface area contributed by atoms with Gasteiger partial charge in [-0.05, 0) is 49.5 Å². The Morgan fingerprint density at radius 2 is 2.00 bits per heavy atom. The van der Waals surface area contributed by atoms with E-state index in [1.54, 1.807) is 0 Å². The van der Waals surface area contributed by atoms with Crippen LogP contribution in [0.3, 0.4) is 0 Å². The maximum atomic E-state index is 12.1. The van der Waals surface area contributed by atoms with E-state index in [0.29, 0.717) is 5.92 Å². The number of hydrogen-bond acceptors (Lipinski definition) is 2. The predicted octanol–water partition coefficient (Wildman–Crippen LogP) is 3.17. The fourth-order valence-corrected chi connectivity index (χ4v) is 2.30. The topological polar surface area (TPSA) is 41.1 Å². The lowest BCUT2D eigenvalue weighted by molar-refractivity contribution is -0.120. The third kappa shape index (κ3) is 4.51. The van der Waals surface area contributed by atoms with E-state index in [0.717, 1.165) is 31.6 Å². The molecule has 0 aromatic heterocycles. The van der Waals surface area contributed by atoms with Gasteiger partial charge in [-0.25, -0.2) is 0 Å². The third-order valence-electron chi connectivity index (χ3n) is 3.53. The number of benzene rings is 1. The number of amides is 1. The number of rotatable bonds is 3. The number of hydrogen-bond donors (Lipinski definition) is 2. The number of carbonyl (C=O) groups is 1. The molecule has 0 atom stereocenters. The zero-order valence-electron chi connectivity index (χ0n) is 11.6. The van der Waals surface area contributed by atoms with E-state index in [1.165, 1.54) is 5.56 Å². The van der Waals surface area contributed by atoms with Gasteiger partial charge in [-0.1, -0.05) is 26.0 Å². The van der Waals surface area contributed by atoms with Gasteiger partial charge in [0.05, 0.1) is 0 Å². The Morgan fingerprint density at radius 3 is 2.63 bits per heavy atom. The maximum Gasteiger partial charge on any atom is 0.227 e. The van der Waals surface area contributed by atoms with Crippen molar-refractivity contribution in [3.05, 3.63) is 29.8 Å². The van der Waals surface area contributed by atoms with E-state index in [1.807, 2.05) is 12.1 Å². The molecule has 0 radical (unpaired) electrons. The van der Waals surface area contributed by atoms with Crippen LogP contribution in [-0.4, -0.2) is 19.0 Å². The Hall–Kier alpha value is -1.06. The van der Waals surface area contributed by atoms with Crippen molar-refractivity contribution >= 4 is 24.0 Å². The van der Waals surface area contributed by atoms with E-state index in [4.69, 9.17) is 0 Å². The molecule has 1 fully saturated rings. The lowest BCUT2D eigenvalue weighted by Gasteiger charge is -2.22. The summed E-state index contributed by atoms with van der Waals surface area (Å²) in [6.07, 6.45) is 1.88. The first-order chi connectivity index (χ1) is 8.66. The summed E-state index contributed by atoms with van der Waals surface area (Å²) < 4.78 is 0. The number of anilines is 1. The van der Waals surface area contributed by atoms with Crippen molar-refractivity contribution in [2.75, 3.05) is 18.4 Å². The van der Waals surface area contributed by atoms with Crippen LogP contribution in [-0.2, 0) is 4.79 Å². The molecular weight excluding hydrogens is 260 g/mol. The first-order valence-electron chi connectivity index (χ1n) is 6.78. The molecular formula is C15H23ClN2O. The van der Waals surface area contributed by atoms with Crippen molar-refractivity contribution < 1.29 is 4.79 Å². The lowest BCUT2D eigenvalue weighted by Crippen LogP contribution is -2.34. The van der Waals surface area contributed by atoms with Gasteiger partial charge in [0.1, 0.15) is 0 Å². The zero-order valence-corrected chi connectivity index (χ0v) is 12.4. The molecule has 1 aromatic carbocycles. The minimum absolute atomic E-state index is 0. The molecule has 0 bridgehead atoms. The van der Waals surface area contributed by atoms with E-state index in [-0.39, 0.29) is 24.2 Å². The molecule has 2 rings (SSSR count). The average Bonchev–Trinajstić information content (AvgIpc) is 2.40. The summed E-state index contributed by atoms with van der Waals surface area (Å²) in [5, 5.41) is 6.32. The van der Waals surface area contributed by atoms with Gasteiger partial charge >= 0.3 is 0 Å². The molecule has 1 saturated heterocycles. The molecule has 106 valence electrons. The normalized spacial score (nSPS) is 15.9. The van der Waals surface area contributed by atoms with Crippen LogP contribution in [0.15, 0.2) is 24.3 Å². The Balaban J connectivity index is 0.00000180. The minimum atomic E-state index is 0. The summed E-state index contributed by atoms with van der Waals surface area (Å²) in [6.45, 7) is 6.22. The molecule has 0 saturated carbocycles.